The van der Waals surface area contributed by atoms with E-state index in [9.17, 15) is 0 Å². The molecule has 2 nitrogen and oxygen atoms in total. The Morgan fingerprint density at radius 3 is 2.69 bits per heavy atom. The molecule has 1 aromatic rings. The molecule has 0 N–H and O–H groups in total. The summed E-state index contributed by atoms with van der Waals surface area (Å²) < 4.78 is 11.0. The van der Waals surface area contributed by atoms with Crippen LogP contribution >= 0.6 is 0 Å². The van der Waals surface area contributed by atoms with Crippen molar-refractivity contribution >= 4 is 0 Å². The smallest absolute Gasteiger partial charge is 0.122 e. The van der Waals surface area contributed by atoms with E-state index in [4.69, 9.17) is 9.47 Å². The molecule has 2 aliphatic rings. The van der Waals surface area contributed by atoms with Gasteiger partial charge in [0.15, 0.2) is 0 Å². The molecule has 1 aliphatic carbocycles. The standard InChI is InChI=1S/C14H18O2/c1-2-6-11(5-1)13-7-3-4-8-14(13)16-10-12-9-15-12/h3-4,7-8,11-12H,1-2,5-6,9-10H2/t12-/m1/s1. The largest absolute Gasteiger partial charge is 0.490 e. The van der Waals surface area contributed by atoms with Crippen molar-refractivity contribution in [1.29, 1.82) is 0 Å². The van der Waals surface area contributed by atoms with Crippen molar-refractivity contribution < 1.29 is 9.47 Å². The lowest BCUT2D eigenvalue weighted by atomic mass is 9.97. The molecule has 0 radical (unpaired) electrons. The van der Waals surface area contributed by atoms with Gasteiger partial charge in [-0.3, -0.25) is 0 Å². The van der Waals surface area contributed by atoms with Crippen LogP contribution in [0.25, 0.3) is 0 Å². The predicted octanol–water partition coefficient (Wildman–Crippen LogP) is 3.12. The van der Waals surface area contributed by atoms with Gasteiger partial charge in [0.1, 0.15) is 18.5 Å². The van der Waals surface area contributed by atoms with Crippen LogP contribution in [0.4, 0.5) is 0 Å². The highest BCUT2D eigenvalue weighted by molar-refractivity contribution is 5.36. The van der Waals surface area contributed by atoms with E-state index >= 15 is 0 Å². The number of epoxide rings is 1. The molecule has 0 bridgehead atoms. The average molecular weight is 218 g/mol. The molecule has 0 unspecified atom stereocenters. The van der Waals surface area contributed by atoms with E-state index in [-0.39, 0.29) is 0 Å². The molecule has 3 rings (SSSR count). The highest BCUT2D eigenvalue weighted by atomic mass is 16.6. The molecule has 2 heteroatoms. The summed E-state index contributed by atoms with van der Waals surface area (Å²) in [4.78, 5) is 0. The number of hydrogen-bond donors (Lipinski definition) is 0. The fraction of sp³-hybridized carbons (Fsp3) is 0.571. The van der Waals surface area contributed by atoms with Crippen molar-refractivity contribution in [2.24, 2.45) is 0 Å². The molecular weight excluding hydrogens is 200 g/mol. The van der Waals surface area contributed by atoms with Gasteiger partial charge in [-0.05, 0) is 30.4 Å². The van der Waals surface area contributed by atoms with Crippen LogP contribution in [0.15, 0.2) is 24.3 Å². The van der Waals surface area contributed by atoms with Gasteiger partial charge in [-0.2, -0.15) is 0 Å². The first kappa shape index (κ1) is 10.2. The lowest BCUT2D eigenvalue weighted by Gasteiger charge is -2.15. The number of para-hydroxylation sites is 1. The van der Waals surface area contributed by atoms with Crippen LogP contribution in [-0.2, 0) is 4.74 Å². The summed E-state index contributed by atoms with van der Waals surface area (Å²) in [5.41, 5.74) is 1.40. The Balaban J connectivity index is 1.73. The summed E-state index contributed by atoms with van der Waals surface area (Å²) in [6.07, 6.45) is 5.72. The van der Waals surface area contributed by atoms with Crippen molar-refractivity contribution in [3.8, 4) is 5.75 Å². The summed E-state index contributed by atoms with van der Waals surface area (Å²) in [5.74, 6) is 1.79. The van der Waals surface area contributed by atoms with E-state index in [1.54, 1.807) is 0 Å². The zero-order valence-electron chi connectivity index (χ0n) is 9.52. The molecule has 1 saturated carbocycles. The topological polar surface area (TPSA) is 21.8 Å². The summed E-state index contributed by atoms with van der Waals surface area (Å²) in [7, 11) is 0. The zero-order valence-corrected chi connectivity index (χ0v) is 9.52. The molecule has 1 saturated heterocycles. The summed E-state index contributed by atoms with van der Waals surface area (Å²) in [6.45, 7) is 1.58. The lowest BCUT2D eigenvalue weighted by Crippen LogP contribution is -2.06. The molecule has 0 spiro atoms. The highest BCUT2D eigenvalue weighted by Crippen LogP contribution is 2.38. The minimum absolute atomic E-state index is 0.344. The Labute approximate surface area is 96.6 Å². The molecular formula is C14H18O2. The fourth-order valence-corrected chi connectivity index (χ4v) is 2.53. The molecule has 1 aliphatic heterocycles. The van der Waals surface area contributed by atoms with E-state index in [1.165, 1.54) is 31.2 Å². The predicted molar refractivity (Wildman–Crippen MR) is 62.9 cm³/mol. The van der Waals surface area contributed by atoms with Crippen molar-refractivity contribution in [2.45, 2.75) is 37.7 Å². The average Bonchev–Trinajstić information content (AvgIpc) is 3.00. The maximum absolute atomic E-state index is 5.85. The van der Waals surface area contributed by atoms with Gasteiger partial charge < -0.3 is 9.47 Å². The van der Waals surface area contributed by atoms with Gasteiger partial charge in [-0.25, -0.2) is 0 Å². The normalized spacial score (nSPS) is 24.6. The molecule has 16 heavy (non-hydrogen) atoms. The van der Waals surface area contributed by atoms with Gasteiger partial charge in [0.25, 0.3) is 0 Å². The molecule has 2 fully saturated rings. The lowest BCUT2D eigenvalue weighted by molar-refractivity contribution is 0.260. The van der Waals surface area contributed by atoms with E-state index in [0.717, 1.165) is 18.3 Å². The summed E-state index contributed by atoms with van der Waals surface area (Å²) in [6, 6.07) is 8.49. The number of benzene rings is 1. The Morgan fingerprint density at radius 1 is 1.19 bits per heavy atom. The van der Waals surface area contributed by atoms with Crippen LogP contribution in [0.2, 0.25) is 0 Å². The number of ether oxygens (including phenoxy) is 2. The maximum atomic E-state index is 5.85. The zero-order chi connectivity index (χ0) is 10.8. The van der Waals surface area contributed by atoms with Gasteiger partial charge in [0.2, 0.25) is 0 Å². The van der Waals surface area contributed by atoms with Crippen LogP contribution in [0.1, 0.15) is 37.2 Å². The van der Waals surface area contributed by atoms with Crippen LogP contribution in [-0.4, -0.2) is 19.3 Å². The second kappa shape index (κ2) is 4.46. The quantitative estimate of drug-likeness (QED) is 0.724. The van der Waals surface area contributed by atoms with Gasteiger partial charge in [0.05, 0.1) is 6.61 Å². The Bertz CT molecular complexity index is 352. The third-order valence-corrected chi connectivity index (χ3v) is 3.54. The van der Waals surface area contributed by atoms with Crippen LogP contribution in [0.3, 0.4) is 0 Å². The van der Waals surface area contributed by atoms with Crippen LogP contribution < -0.4 is 4.74 Å². The molecule has 1 aromatic carbocycles. The Morgan fingerprint density at radius 2 is 1.94 bits per heavy atom. The van der Waals surface area contributed by atoms with Gasteiger partial charge >= 0.3 is 0 Å². The first-order valence-electron chi connectivity index (χ1n) is 6.27. The number of rotatable bonds is 4. The molecule has 86 valence electrons. The summed E-state index contributed by atoms with van der Waals surface area (Å²) in [5, 5.41) is 0. The highest BCUT2D eigenvalue weighted by Gasteiger charge is 2.25. The Hall–Kier alpha value is -1.02. The van der Waals surface area contributed by atoms with Gasteiger partial charge in [0, 0.05) is 0 Å². The molecule has 1 atom stereocenters. The first-order valence-corrected chi connectivity index (χ1v) is 6.27. The molecule has 1 heterocycles. The molecule has 0 amide bonds. The first-order chi connectivity index (χ1) is 7.93. The van der Waals surface area contributed by atoms with E-state index in [2.05, 4.69) is 24.3 Å². The second-order valence-corrected chi connectivity index (χ2v) is 4.79. The van der Waals surface area contributed by atoms with Gasteiger partial charge in [-0.1, -0.05) is 31.0 Å². The second-order valence-electron chi connectivity index (χ2n) is 4.79. The minimum atomic E-state index is 0.344. The summed E-state index contributed by atoms with van der Waals surface area (Å²) >= 11 is 0. The van der Waals surface area contributed by atoms with E-state index < -0.39 is 0 Å². The van der Waals surface area contributed by atoms with Crippen molar-refractivity contribution in [3.05, 3.63) is 29.8 Å². The van der Waals surface area contributed by atoms with Crippen molar-refractivity contribution in [2.75, 3.05) is 13.2 Å². The van der Waals surface area contributed by atoms with Crippen molar-refractivity contribution in [3.63, 3.8) is 0 Å². The van der Waals surface area contributed by atoms with E-state index in [0.29, 0.717) is 12.7 Å². The molecule has 0 aromatic heterocycles. The van der Waals surface area contributed by atoms with Crippen molar-refractivity contribution in [1.82, 2.24) is 0 Å². The fourth-order valence-electron chi connectivity index (χ4n) is 2.53. The van der Waals surface area contributed by atoms with Gasteiger partial charge in [-0.15, -0.1) is 0 Å². The number of hydrogen-bond acceptors (Lipinski definition) is 2. The Kier molecular flexibility index (Phi) is 2.83. The third kappa shape index (κ3) is 2.22. The SMILES string of the molecule is c1ccc(C2CCCC2)c(OC[C@H]2CO2)c1. The minimum Gasteiger partial charge on any atom is -0.490 e. The third-order valence-electron chi connectivity index (χ3n) is 3.54. The van der Waals surface area contributed by atoms with E-state index in [1.807, 2.05) is 0 Å². The van der Waals surface area contributed by atoms with Crippen LogP contribution in [0, 0.1) is 0 Å². The maximum Gasteiger partial charge on any atom is 0.122 e. The monoisotopic (exact) mass is 218 g/mol. The van der Waals surface area contributed by atoms with Crippen LogP contribution in [0.5, 0.6) is 5.75 Å².